The number of nitrogens with two attached hydrogens (primary N) is 1. The predicted molar refractivity (Wildman–Crippen MR) is 123 cm³/mol. The maximum atomic E-state index is 9.57. The van der Waals surface area contributed by atoms with Crippen molar-refractivity contribution >= 4 is 39.1 Å². The van der Waals surface area contributed by atoms with E-state index in [0.717, 1.165) is 46.1 Å². The Morgan fingerprint density at radius 1 is 1.03 bits per heavy atom. The Bertz CT molecular complexity index is 977. The van der Waals surface area contributed by atoms with E-state index in [1.807, 2.05) is 36.4 Å². The average molecular weight is 432 g/mol. The van der Waals surface area contributed by atoms with Crippen molar-refractivity contribution in [1.82, 2.24) is 4.98 Å². The monoisotopic (exact) mass is 431 g/mol. The van der Waals surface area contributed by atoms with Gasteiger partial charge in [0, 0.05) is 35.1 Å². The molecule has 6 nitrogen and oxygen atoms in total. The summed E-state index contributed by atoms with van der Waals surface area (Å²) in [5, 5.41) is 25.4. The molecular formula is C23H30ClN3O3. The van der Waals surface area contributed by atoms with E-state index < -0.39 is 0 Å². The number of methoxy groups -OCH3 is 1. The average Bonchev–Trinajstić information content (AvgIpc) is 2.75. The number of nitrogens with one attached hydrogen (secondary N) is 1. The number of halogens is 1. The zero-order valence-electron chi connectivity index (χ0n) is 17.3. The molecule has 0 saturated carbocycles. The van der Waals surface area contributed by atoms with Crippen LogP contribution in [0, 0.1) is 5.92 Å². The van der Waals surface area contributed by atoms with Crippen molar-refractivity contribution < 1.29 is 14.9 Å². The smallest absolute Gasteiger partial charge is 0.119 e. The van der Waals surface area contributed by atoms with Gasteiger partial charge in [0.1, 0.15) is 5.75 Å². The summed E-state index contributed by atoms with van der Waals surface area (Å²) in [6.07, 6.45) is 2.91. The Kier molecular flexibility index (Phi) is 8.10. The fourth-order valence-corrected chi connectivity index (χ4v) is 4.17. The number of hydrogen-bond donors (Lipinski definition) is 4. The van der Waals surface area contributed by atoms with E-state index in [9.17, 15) is 10.2 Å². The molecule has 0 aliphatic heterocycles. The van der Waals surface area contributed by atoms with Crippen LogP contribution in [0.3, 0.4) is 0 Å². The number of hydrogen-bond acceptors (Lipinski definition) is 6. The third-order valence-electron chi connectivity index (χ3n) is 5.56. The summed E-state index contributed by atoms with van der Waals surface area (Å²) >= 11 is 6.23. The van der Waals surface area contributed by atoms with E-state index in [4.69, 9.17) is 27.1 Å². The van der Waals surface area contributed by atoms with Gasteiger partial charge in [-0.3, -0.25) is 0 Å². The number of aliphatic hydroxyl groups is 2. The van der Waals surface area contributed by atoms with Gasteiger partial charge in [-0.25, -0.2) is 4.98 Å². The Balaban J connectivity index is 2.15. The second kappa shape index (κ2) is 10.8. The van der Waals surface area contributed by atoms with Crippen LogP contribution in [-0.4, -0.2) is 48.1 Å². The summed E-state index contributed by atoms with van der Waals surface area (Å²) in [5.41, 5.74) is 8.38. The molecule has 0 amide bonds. The van der Waals surface area contributed by atoms with Gasteiger partial charge in [-0.15, -0.1) is 0 Å². The summed E-state index contributed by atoms with van der Waals surface area (Å²) in [6, 6.07) is 11.5. The topological polar surface area (TPSA) is 101 Å². The second-order valence-electron chi connectivity index (χ2n) is 7.50. The first kappa shape index (κ1) is 22.6. The molecule has 1 atom stereocenters. The van der Waals surface area contributed by atoms with Gasteiger partial charge in [0.15, 0.2) is 0 Å². The van der Waals surface area contributed by atoms with Gasteiger partial charge in [0.25, 0.3) is 0 Å². The lowest BCUT2D eigenvalue weighted by Crippen LogP contribution is -2.31. The molecule has 0 radical (unpaired) electrons. The fraction of sp³-hybridized carbons (Fsp3) is 0.435. The van der Waals surface area contributed by atoms with Crippen LogP contribution in [0.2, 0.25) is 5.02 Å². The van der Waals surface area contributed by atoms with Crippen molar-refractivity contribution in [2.45, 2.75) is 31.7 Å². The summed E-state index contributed by atoms with van der Waals surface area (Å²) < 4.78 is 5.44. The number of aliphatic hydroxyl groups excluding tert-OH is 2. The maximum Gasteiger partial charge on any atom is 0.119 e. The first-order valence-corrected chi connectivity index (χ1v) is 10.7. The Hall–Kier alpha value is -2.12. The Morgan fingerprint density at radius 3 is 2.47 bits per heavy atom. The maximum absolute atomic E-state index is 9.57. The number of benzene rings is 2. The van der Waals surface area contributed by atoms with Crippen LogP contribution in [0.15, 0.2) is 36.4 Å². The molecule has 5 N–H and O–H groups in total. The van der Waals surface area contributed by atoms with Gasteiger partial charge in [-0.2, -0.15) is 0 Å². The molecule has 162 valence electrons. The normalized spacial score (nSPS) is 12.6. The number of nitrogens with zero attached hydrogens (tertiary/aromatic N) is 1. The van der Waals surface area contributed by atoms with Crippen LogP contribution in [-0.2, 0) is 0 Å². The van der Waals surface area contributed by atoms with Gasteiger partial charge in [0.05, 0.1) is 23.8 Å². The first-order chi connectivity index (χ1) is 14.6. The van der Waals surface area contributed by atoms with Crippen molar-refractivity contribution in [2.75, 3.05) is 32.2 Å². The number of anilines is 1. The van der Waals surface area contributed by atoms with Gasteiger partial charge in [-0.05, 0) is 74.5 Å². The van der Waals surface area contributed by atoms with Crippen molar-refractivity contribution in [3.63, 3.8) is 0 Å². The van der Waals surface area contributed by atoms with Crippen molar-refractivity contribution in [3.8, 4) is 5.75 Å². The molecule has 1 aromatic heterocycles. The van der Waals surface area contributed by atoms with Crippen molar-refractivity contribution in [3.05, 3.63) is 41.4 Å². The number of rotatable bonds is 11. The van der Waals surface area contributed by atoms with Crippen LogP contribution in [0.1, 0.15) is 25.7 Å². The SMILES string of the molecule is COc1ccc2nc3cc(Cl)ccc3c(NC(CCCN)C(CCO)CCO)c2c1. The standard InChI is InChI=1S/C23H30ClN3O3/c1-30-17-5-7-21-19(14-17)23(18-6-4-16(24)13-22(18)26-21)27-20(3-2-10-25)15(8-11-28)9-12-29/h4-7,13-15,20,28-29H,2-3,8-12,25H2,1H3,(H,26,27). The largest absolute Gasteiger partial charge is 0.497 e. The van der Waals surface area contributed by atoms with Crippen molar-refractivity contribution in [2.24, 2.45) is 11.7 Å². The zero-order chi connectivity index (χ0) is 21.5. The molecule has 30 heavy (non-hydrogen) atoms. The quantitative estimate of drug-likeness (QED) is 0.343. The highest BCUT2D eigenvalue weighted by atomic mass is 35.5. The molecule has 3 rings (SSSR count). The first-order valence-electron chi connectivity index (χ1n) is 10.4. The molecule has 3 aromatic rings. The summed E-state index contributed by atoms with van der Waals surface area (Å²) in [4.78, 5) is 4.78. The molecule has 7 heteroatoms. The van der Waals surface area contributed by atoms with Crippen LogP contribution in [0.25, 0.3) is 21.8 Å². The Labute approximate surface area is 182 Å². The molecule has 0 bridgehead atoms. The number of ether oxygens (including phenoxy) is 1. The fourth-order valence-electron chi connectivity index (χ4n) is 4.01. The minimum absolute atomic E-state index is 0.0449. The van der Waals surface area contributed by atoms with E-state index in [0.29, 0.717) is 24.4 Å². The van der Waals surface area contributed by atoms with E-state index in [1.54, 1.807) is 7.11 Å². The third-order valence-corrected chi connectivity index (χ3v) is 5.80. The molecule has 1 unspecified atom stereocenters. The Morgan fingerprint density at radius 2 is 1.80 bits per heavy atom. The molecule has 0 aliphatic carbocycles. The zero-order valence-corrected chi connectivity index (χ0v) is 18.0. The highest BCUT2D eigenvalue weighted by molar-refractivity contribution is 6.31. The third kappa shape index (κ3) is 5.13. The lowest BCUT2D eigenvalue weighted by atomic mass is 9.89. The number of pyridine rings is 1. The van der Waals surface area contributed by atoms with E-state index in [1.165, 1.54) is 0 Å². The molecule has 0 saturated heterocycles. The highest BCUT2D eigenvalue weighted by Gasteiger charge is 2.22. The van der Waals surface area contributed by atoms with Gasteiger partial charge in [-0.1, -0.05) is 11.6 Å². The molecule has 0 spiro atoms. The van der Waals surface area contributed by atoms with Crippen LogP contribution >= 0.6 is 11.6 Å². The van der Waals surface area contributed by atoms with Gasteiger partial charge >= 0.3 is 0 Å². The molecule has 2 aromatic carbocycles. The van der Waals surface area contributed by atoms with Crippen molar-refractivity contribution in [1.29, 1.82) is 0 Å². The van der Waals surface area contributed by atoms with Crippen LogP contribution < -0.4 is 15.8 Å². The van der Waals surface area contributed by atoms with Gasteiger partial charge in [0.2, 0.25) is 0 Å². The number of fused-ring (bicyclic) bond motifs is 2. The second-order valence-corrected chi connectivity index (χ2v) is 7.93. The number of aromatic nitrogens is 1. The van der Waals surface area contributed by atoms with E-state index >= 15 is 0 Å². The van der Waals surface area contributed by atoms with Crippen LogP contribution in [0.4, 0.5) is 5.69 Å². The lowest BCUT2D eigenvalue weighted by Gasteiger charge is -2.29. The van der Waals surface area contributed by atoms with Crippen LogP contribution in [0.5, 0.6) is 5.75 Å². The molecule has 0 fully saturated rings. The minimum atomic E-state index is 0.0449. The predicted octanol–water partition coefficient (Wildman–Crippen LogP) is 3.95. The summed E-state index contributed by atoms with van der Waals surface area (Å²) in [5.74, 6) is 0.865. The van der Waals surface area contributed by atoms with Gasteiger partial charge < -0.3 is 26.0 Å². The molecule has 0 aliphatic rings. The minimum Gasteiger partial charge on any atom is -0.497 e. The lowest BCUT2D eigenvalue weighted by molar-refractivity contribution is 0.200. The molecule has 1 heterocycles. The molecular weight excluding hydrogens is 402 g/mol. The summed E-state index contributed by atoms with van der Waals surface area (Å²) in [7, 11) is 1.64. The van der Waals surface area contributed by atoms with E-state index in [-0.39, 0.29) is 25.2 Å². The highest BCUT2D eigenvalue weighted by Crippen LogP contribution is 2.36. The van der Waals surface area contributed by atoms with E-state index in [2.05, 4.69) is 5.32 Å². The summed E-state index contributed by atoms with van der Waals surface area (Å²) in [6.45, 7) is 0.740.